The normalized spacial score (nSPS) is 40.1. The monoisotopic (exact) mass is 330 g/mol. The maximum Gasteiger partial charge on any atom is 0.426 e. The minimum Gasteiger partial charge on any atom is -0.373 e. The highest BCUT2D eigenvalue weighted by Gasteiger charge is 2.76. The van der Waals surface area contributed by atoms with E-state index < -0.39 is 29.3 Å². The molecule has 4 bridgehead atoms. The van der Waals surface area contributed by atoms with Crippen LogP contribution < -0.4 is 0 Å². The lowest BCUT2D eigenvalue weighted by Gasteiger charge is -2.61. The minimum absolute atomic E-state index is 0.222. The Balaban J connectivity index is 1.99. The zero-order valence-corrected chi connectivity index (χ0v) is 12.3. The van der Waals surface area contributed by atoms with Gasteiger partial charge in [-0.15, -0.1) is 0 Å². The van der Waals surface area contributed by atoms with Gasteiger partial charge in [0.2, 0.25) is 0 Å². The molecule has 4 saturated carbocycles. The molecule has 4 aliphatic rings. The predicted octanol–water partition coefficient (Wildman–Crippen LogP) is 4.69. The summed E-state index contributed by atoms with van der Waals surface area (Å²) in [5.41, 5.74) is -5.65. The van der Waals surface area contributed by atoms with Crippen molar-refractivity contribution in [1.29, 1.82) is 0 Å². The van der Waals surface area contributed by atoms with Crippen LogP contribution in [0, 0.1) is 29.1 Å². The van der Waals surface area contributed by atoms with E-state index in [4.69, 9.17) is 0 Å². The first kappa shape index (κ1) is 16.4. The van der Waals surface area contributed by atoms with Crippen molar-refractivity contribution in [1.82, 2.24) is 0 Å². The zero-order valence-electron chi connectivity index (χ0n) is 12.3. The van der Waals surface area contributed by atoms with Gasteiger partial charge in [0.25, 0.3) is 5.60 Å². The van der Waals surface area contributed by atoms with E-state index in [0.717, 1.165) is 26.2 Å². The molecule has 0 aromatic heterocycles. The lowest BCUT2D eigenvalue weighted by atomic mass is 9.45. The predicted molar refractivity (Wildman–Crippen MR) is 66.8 cm³/mol. The Kier molecular flexibility index (Phi) is 3.39. The molecule has 7 heteroatoms. The molecule has 1 N–H and O–H groups in total. The van der Waals surface area contributed by atoms with E-state index in [0.29, 0.717) is 19.3 Å². The maximum absolute atomic E-state index is 13.2. The number of halogens is 6. The maximum atomic E-state index is 13.2. The van der Waals surface area contributed by atoms with Gasteiger partial charge in [0.1, 0.15) is 0 Å². The van der Waals surface area contributed by atoms with Crippen molar-refractivity contribution in [3.05, 3.63) is 0 Å². The van der Waals surface area contributed by atoms with Crippen LogP contribution >= 0.6 is 0 Å². The fourth-order valence-corrected chi connectivity index (χ4v) is 5.80. The molecule has 0 radical (unpaired) electrons. The van der Waals surface area contributed by atoms with Crippen molar-refractivity contribution in [3.8, 4) is 0 Å². The Morgan fingerprint density at radius 2 is 1.14 bits per heavy atom. The zero-order chi connectivity index (χ0) is 16.6. The van der Waals surface area contributed by atoms with Crippen molar-refractivity contribution in [2.24, 2.45) is 29.1 Å². The molecule has 0 saturated heterocycles. The molecule has 0 aromatic rings. The summed E-state index contributed by atoms with van der Waals surface area (Å²) in [5, 5.41) is 9.76. The first-order valence-corrected chi connectivity index (χ1v) is 7.75. The molecule has 0 unspecified atom stereocenters. The van der Waals surface area contributed by atoms with Crippen LogP contribution in [0.4, 0.5) is 26.3 Å². The second kappa shape index (κ2) is 4.54. The summed E-state index contributed by atoms with van der Waals surface area (Å²) < 4.78 is 79.0. The Hall–Kier alpha value is -0.460. The third-order valence-electron chi connectivity index (χ3n) is 6.50. The number of alkyl halides is 6. The molecular weight excluding hydrogens is 310 g/mol. The smallest absolute Gasteiger partial charge is 0.373 e. The number of rotatable bonds is 2. The average molecular weight is 330 g/mol. The summed E-state index contributed by atoms with van der Waals surface area (Å²) in [4.78, 5) is 0. The summed E-state index contributed by atoms with van der Waals surface area (Å²) in [6, 6.07) is 0. The van der Waals surface area contributed by atoms with Crippen LogP contribution in [0.25, 0.3) is 0 Å². The van der Waals surface area contributed by atoms with Crippen LogP contribution in [-0.2, 0) is 0 Å². The first-order chi connectivity index (χ1) is 9.89. The molecule has 128 valence electrons. The van der Waals surface area contributed by atoms with Crippen LogP contribution in [-0.4, -0.2) is 23.1 Å². The first-order valence-electron chi connectivity index (χ1n) is 7.75. The number of aliphatic hydroxyl groups is 1. The van der Waals surface area contributed by atoms with Gasteiger partial charge in [-0.1, -0.05) is 6.92 Å². The van der Waals surface area contributed by atoms with Crippen LogP contribution in [0.3, 0.4) is 0 Å². The van der Waals surface area contributed by atoms with Gasteiger partial charge < -0.3 is 5.11 Å². The summed E-state index contributed by atoms with van der Waals surface area (Å²) in [6.07, 6.45) is -7.52. The Morgan fingerprint density at radius 1 is 0.818 bits per heavy atom. The summed E-state index contributed by atoms with van der Waals surface area (Å²) in [5.74, 6) is -1.20. The van der Waals surface area contributed by atoms with Gasteiger partial charge in [0.05, 0.1) is 0 Å². The van der Waals surface area contributed by atoms with Gasteiger partial charge in [-0.3, -0.25) is 0 Å². The van der Waals surface area contributed by atoms with E-state index in [-0.39, 0.29) is 17.8 Å². The molecule has 1 atom stereocenters. The summed E-state index contributed by atoms with van der Waals surface area (Å²) in [6.45, 7) is 0.953. The van der Waals surface area contributed by atoms with Gasteiger partial charge in [0.15, 0.2) is 0 Å². The van der Waals surface area contributed by atoms with Crippen molar-refractivity contribution in [2.75, 3.05) is 0 Å². The van der Waals surface area contributed by atoms with Crippen molar-refractivity contribution >= 4 is 0 Å². The largest absolute Gasteiger partial charge is 0.426 e. The van der Waals surface area contributed by atoms with Crippen LogP contribution in [0.2, 0.25) is 0 Å². The number of hydrogen-bond donors (Lipinski definition) is 1. The van der Waals surface area contributed by atoms with Crippen molar-refractivity contribution in [3.63, 3.8) is 0 Å². The third kappa shape index (κ3) is 2.10. The minimum atomic E-state index is -5.71. The molecule has 22 heavy (non-hydrogen) atoms. The van der Waals surface area contributed by atoms with Crippen molar-refractivity contribution in [2.45, 2.75) is 63.4 Å². The SMILES string of the molecule is C[C@@H](C12CC3CC(CC(C3)C1)C2)C(O)(C(F)(F)F)C(F)(F)F. The summed E-state index contributed by atoms with van der Waals surface area (Å²) in [7, 11) is 0. The Labute approximate surface area is 125 Å². The molecule has 4 aliphatic carbocycles. The average Bonchev–Trinajstić information content (AvgIpc) is 2.32. The highest BCUT2D eigenvalue weighted by molar-refractivity contribution is 5.10. The molecule has 4 rings (SSSR count). The topological polar surface area (TPSA) is 20.2 Å². The van der Waals surface area contributed by atoms with Gasteiger partial charge in [-0.25, -0.2) is 0 Å². The van der Waals surface area contributed by atoms with E-state index in [1.165, 1.54) is 0 Å². The van der Waals surface area contributed by atoms with Crippen LogP contribution in [0.5, 0.6) is 0 Å². The lowest BCUT2D eigenvalue weighted by molar-refractivity contribution is -0.397. The number of hydrogen-bond acceptors (Lipinski definition) is 1. The fraction of sp³-hybridized carbons (Fsp3) is 1.00. The molecular formula is C15H20F6O. The lowest BCUT2D eigenvalue weighted by Crippen LogP contribution is -2.66. The molecule has 4 fully saturated rings. The van der Waals surface area contributed by atoms with Crippen LogP contribution in [0.1, 0.15) is 45.4 Å². The Morgan fingerprint density at radius 3 is 1.41 bits per heavy atom. The molecule has 0 heterocycles. The Bertz CT molecular complexity index is 403. The second-order valence-corrected chi connectivity index (χ2v) is 7.76. The van der Waals surface area contributed by atoms with Gasteiger partial charge in [0, 0.05) is 5.92 Å². The standard InChI is InChI=1S/C15H20F6O/c1-8(13(22,14(16,17)18)15(19,20)21)12-5-9-2-10(6-12)4-11(3-9)7-12/h8-11,22H,2-7H2,1H3/t8-,9?,10?,11?,12?/m0/s1. The fourth-order valence-electron chi connectivity index (χ4n) is 5.80. The third-order valence-corrected chi connectivity index (χ3v) is 6.50. The van der Waals surface area contributed by atoms with Gasteiger partial charge in [-0.2, -0.15) is 26.3 Å². The second-order valence-electron chi connectivity index (χ2n) is 7.76. The van der Waals surface area contributed by atoms with Gasteiger partial charge >= 0.3 is 12.4 Å². The molecule has 0 amide bonds. The van der Waals surface area contributed by atoms with E-state index >= 15 is 0 Å². The molecule has 0 aromatic carbocycles. The van der Waals surface area contributed by atoms with E-state index in [1.54, 1.807) is 0 Å². The van der Waals surface area contributed by atoms with Gasteiger partial charge in [-0.05, 0) is 61.7 Å². The van der Waals surface area contributed by atoms with Crippen molar-refractivity contribution < 1.29 is 31.4 Å². The van der Waals surface area contributed by atoms with E-state index in [1.807, 2.05) is 0 Å². The van der Waals surface area contributed by atoms with Crippen LogP contribution in [0.15, 0.2) is 0 Å². The quantitative estimate of drug-likeness (QED) is 0.728. The molecule has 0 spiro atoms. The molecule has 1 nitrogen and oxygen atoms in total. The van der Waals surface area contributed by atoms with E-state index in [9.17, 15) is 31.4 Å². The molecule has 0 aliphatic heterocycles. The highest BCUT2D eigenvalue weighted by atomic mass is 19.4. The highest BCUT2D eigenvalue weighted by Crippen LogP contribution is 2.66. The van der Waals surface area contributed by atoms with E-state index in [2.05, 4.69) is 0 Å². The summed E-state index contributed by atoms with van der Waals surface area (Å²) >= 11 is 0.